The number of rotatable bonds is 3. The number of hydrogen-bond donors (Lipinski definition) is 1. The minimum atomic E-state index is -0.606. The van der Waals surface area contributed by atoms with Gasteiger partial charge in [-0.15, -0.1) is 11.3 Å². The predicted molar refractivity (Wildman–Crippen MR) is 79.4 cm³/mol. The molecule has 1 atom stereocenters. The van der Waals surface area contributed by atoms with E-state index in [0.717, 1.165) is 26.2 Å². The zero-order chi connectivity index (χ0) is 14.1. The molecule has 0 aliphatic carbocycles. The smallest absolute Gasteiger partial charge is 0.124 e. The molecule has 0 aliphatic heterocycles. The Bertz CT molecular complexity index is 736. The van der Waals surface area contributed by atoms with Gasteiger partial charge in [0.15, 0.2) is 0 Å². The second-order valence-electron chi connectivity index (χ2n) is 4.88. The lowest BCUT2D eigenvalue weighted by Gasteiger charge is -2.07. The van der Waals surface area contributed by atoms with Crippen molar-refractivity contribution in [2.45, 2.75) is 19.4 Å². The van der Waals surface area contributed by atoms with E-state index in [-0.39, 0.29) is 5.82 Å². The van der Waals surface area contributed by atoms with E-state index >= 15 is 0 Å². The van der Waals surface area contributed by atoms with Crippen molar-refractivity contribution in [3.05, 3.63) is 64.5 Å². The Morgan fingerprint density at radius 1 is 1.25 bits per heavy atom. The molecular weight excluding hydrogens is 273 g/mol. The van der Waals surface area contributed by atoms with E-state index in [0.29, 0.717) is 6.42 Å². The molecule has 0 saturated carbocycles. The van der Waals surface area contributed by atoms with E-state index in [1.54, 1.807) is 12.3 Å². The second-order valence-corrected chi connectivity index (χ2v) is 5.99. The van der Waals surface area contributed by atoms with Gasteiger partial charge in [0, 0.05) is 27.9 Å². The number of nitrogens with zero attached hydrogens (tertiary/aromatic N) is 1. The number of benzene rings is 1. The highest BCUT2D eigenvalue weighted by molar-refractivity contribution is 7.19. The number of aromatic nitrogens is 1. The van der Waals surface area contributed by atoms with Gasteiger partial charge in [0.2, 0.25) is 0 Å². The van der Waals surface area contributed by atoms with E-state index in [1.165, 1.54) is 23.5 Å². The third-order valence-corrected chi connectivity index (χ3v) is 4.40. The van der Waals surface area contributed by atoms with Crippen LogP contribution in [0, 0.1) is 12.7 Å². The summed E-state index contributed by atoms with van der Waals surface area (Å²) in [6, 6.07) is 10.5. The Hall–Kier alpha value is -1.78. The van der Waals surface area contributed by atoms with Crippen LogP contribution in [0.5, 0.6) is 0 Å². The fraction of sp³-hybridized carbons (Fsp3) is 0.188. The number of aryl methyl sites for hydroxylation is 1. The molecule has 0 saturated heterocycles. The third-order valence-electron chi connectivity index (χ3n) is 3.20. The van der Waals surface area contributed by atoms with Gasteiger partial charge in [-0.05, 0) is 42.1 Å². The maximum atomic E-state index is 13.2. The Morgan fingerprint density at radius 3 is 2.85 bits per heavy atom. The van der Waals surface area contributed by atoms with E-state index in [4.69, 9.17) is 0 Å². The van der Waals surface area contributed by atoms with Crippen molar-refractivity contribution in [1.82, 2.24) is 4.98 Å². The van der Waals surface area contributed by atoms with Crippen molar-refractivity contribution in [3.8, 4) is 0 Å². The molecule has 0 fully saturated rings. The lowest BCUT2D eigenvalue weighted by atomic mass is 10.1. The van der Waals surface area contributed by atoms with E-state index in [1.807, 2.05) is 25.1 Å². The summed E-state index contributed by atoms with van der Waals surface area (Å²) in [4.78, 5) is 5.14. The molecule has 1 aromatic carbocycles. The molecule has 2 heterocycles. The molecule has 1 unspecified atom stereocenters. The van der Waals surface area contributed by atoms with Gasteiger partial charge in [0.05, 0.1) is 6.10 Å². The first-order valence-electron chi connectivity index (χ1n) is 6.40. The van der Waals surface area contributed by atoms with Crippen molar-refractivity contribution < 1.29 is 9.50 Å². The highest BCUT2D eigenvalue weighted by Gasteiger charge is 2.13. The molecule has 0 radical (unpaired) electrons. The SMILES string of the molecule is Cc1ccc(CC(O)c2cc3ccc(F)cc3s2)nc1. The normalized spacial score (nSPS) is 12.8. The minimum absolute atomic E-state index is 0.249. The molecule has 102 valence electrons. The van der Waals surface area contributed by atoms with Crippen molar-refractivity contribution in [2.75, 3.05) is 0 Å². The fourth-order valence-corrected chi connectivity index (χ4v) is 3.18. The Morgan fingerprint density at radius 2 is 2.10 bits per heavy atom. The molecular formula is C16H14FNOS. The highest BCUT2D eigenvalue weighted by Crippen LogP contribution is 2.31. The summed E-state index contributed by atoms with van der Waals surface area (Å²) in [7, 11) is 0. The number of fused-ring (bicyclic) bond motifs is 1. The molecule has 4 heteroatoms. The number of halogens is 1. The average Bonchev–Trinajstić information content (AvgIpc) is 2.84. The van der Waals surface area contributed by atoms with Crippen molar-refractivity contribution in [2.24, 2.45) is 0 Å². The molecule has 0 aliphatic rings. The molecule has 0 spiro atoms. The van der Waals surface area contributed by atoms with Gasteiger partial charge in [-0.1, -0.05) is 12.1 Å². The summed E-state index contributed by atoms with van der Waals surface area (Å²) < 4.78 is 14.0. The van der Waals surface area contributed by atoms with E-state index in [2.05, 4.69) is 4.98 Å². The molecule has 3 aromatic rings. The van der Waals surface area contributed by atoms with Crippen LogP contribution in [0.25, 0.3) is 10.1 Å². The van der Waals surface area contributed by atoms with Crippen molar-refractivity contribution in [1.29, 1.82) is 0 Å². The Labute approximate surface area is 120 Å². The first kappa shape index (κ1) is 13.2. The molecule has 20 heavy (non-hydrogen) atoms. The molecule has 2 aromatic heterocycles. The summed E-state index contributed by atoms with van der Waals surface area (Å²) in [6.07, 6.45) is 1.66. The van der Waals surface area contributed by atoms with Crippen LogP contribution < -0.4 is 0 Å². The van der Waals surface area contributed by atoms with E-state index < -0.39 is 6.10 Å². The summed E-state index contributed by atoms with van der Waals surface area (Å²) in [5, 5.41) is 11.3. The molecule has 0 amide bonds. The quantitative estimate of drug-likeness (QED) is 0.789. The van der Waals surface area contributed by atoms with Crippen LogP contribution in [-0.4, -0.2) is 10.1 Å². The van der Waals surface area contributed by atoms with Crippen LogP contribution in [-0.2, 0) is 6.42 Å². The predicted octanol–water partition coefficient (Wildman–Crippen LogP) is 4.02. The molecule has 0 bridgehead atoms. The van der Waals surface area contributed by atoms with E-state index in [9.17, 15) is 9.50 Å². The number of aliphatic hydroxyl groups is 1. The van der Waals surface area contributed by atoms with Gasteiger partial charge in [0.25, 0.3) is 0 Å². The van der Waals surface area contributed by atoms with Crippen LogP contribution in [0.1, 0.15) is 22.2 Å². The van der Waals surface area contributed by atoms with Gasteiger partial charge < -0.3 is 5.11 Å². The van der Waals surface area contributed by atoms with Crippen molar-refractivity contribution in [3.63, 3.8) is 0 Å². The lowest BCUT2D eigenvalue weighted by molar-refractivity contribution is 0.181. The maximum absolute atomic E-state index is 13.2. The average molecular weight is 287 g/mol. The molecule has 3 rings (SSSR count). The summed E-state index contributed by atoms with van der Waals surface area (Å²) in [6.45, 7) is 1.98. The van der Waals surface area contributed by atoms with Crippen LogP contribution in [0.3, 0.4) is 0 Å². The number of aliphatic hydroxyl groups excluding tert-OH is 1. The largest absolute Gasteiger partial charge is 0.387 e. The zero-order valence-corrected chi connectivity index (χ0v) is 11.8. The Balaban J connectivity index is 1.84. The first-order chi connectivity index (χ1) is 9.61. The summed E-state index contributed by atoms with van der Waals surface area (Å²) in [5.74, 6) is -0.249. The zero-order valence-electron chi connectivity index (χ0n) is 11.0. The van der Waals surface area contributed by atoms with Crippen LogP contribution in [0.4, 0.5) is 4.39 Å². The number of thiophene rings is 1. The summed E-state index contributed by atoms with van der Waals surface area (Å²) in [5.41, 5.74) is 1.95. The van der Waals surface area contributed by atoms with Crippen LogP contribution in [0.2, 0.25) is 0 Å². The topological polar surface area (TPSA) is 33.1 Å². The number of pyridine rings is 1. The monoisotopic (exact) mass is 287 g/mol. The summed E-state index contributed by atoms with van der Waals surface area (Å²) >= 11 is 1.42. The minimum Gasteiger partial charge on any atom is -0.387 e. The van der Waals surface area contributed by atoms with Gasteiger partial charge in [0.1, 0.15) is 5.82 Å². The highest BCUT2D eigenvalue weighted by atomic mass is 32.1. The fourth-order valence-electron chi connectivity index (χ4n) is 2.11. The maximum Gasteiger partial charge on any atom is 0.124 e. The standard InChI is InChI=1S/C16H14FNOS/c1-10-2-5-13(18-9-10)8-14(19)16-6-11-3-4-12(17)7-15(11)20-16/h2-7,9,14,19H,8H2,1H3. The molecule has 2 nitrogen and oxygen atoms in total. The molecule has 1 N–H and O–H groups in total. The number of hydrogen-bond acceptors (Lipinski definition) is 3. The van der Waals surface area contributed by atoms with Crippen molar-refractivity contribution >= 4 is 21.4 Å². The van der Waals surface area contributed by atoms with Gasteiger partial charge >= 0.3 is 0 Å². The van der Waals surface area contributed by atoms with Gasteiger partial charge in [-0.2, -0.15) is 0 Å². The lowest BCUT2D eigenvalue weighted by Crippen LogP contribution is -2.01. The van der Waals surface area contributed by atoms with Gasteiger partial charge in [-0.25, -0.2) is 4.39 Å². The van der Waals surface area contributed by atoms with Crippen LogP contribution in [0.15, 0.2) is 42.6 Å². The van der Waals surface area contributed by atoms with Crippen LogP contribution >= 0.6 is 11.3 Å². The Kier molecular flexibility index (Phi) is 3.51. The first-order valence-corrected chi connectivity index (χ1v) is 7.22. The second kappa shape index (κ2) is 5.31. The van der Waals surface area contributed by atoms with Gasteiger partial charge in [-0.3, -0.25) is 4.98 Å². The third kappa shape index (κ3) is 2.71.